The third kappa shape index (κ3) is 2.39. The Morgan fingerprint density at radius 3 is 3.00 bits per heavy atom. The van der Waals surface area contributed by atoms with E-state index in [1.54, 1.807) is 6.33 Å². The molecule has 1 aromatic rings. The Hall–Kier alpha value is -0.420. The molecule has 1 aliphatic heterocycles. The minimum absolute atomic E-state index is 0.630. The van der Waals surface area contributed by atoms with Crippen LogP contribution in [-0.2, 0) is 13.1 Å². The van der Waals surface area contributed by atoms with Gasteiger partial charge in [-0.25, -0.2) is 9.67 Å². The average Bonchev–Trinajstić information content (AvgIpc) is 2.74. The summed E-state index contributed by atoms with van der Waals surface area (Å²) in [7, 11) is 0. The Labute approximate surface area is 98.8 Å². The van der Waals surface area contributed by atoms with E-state index in [0.29, 0.717) is 10.9 Å². The van der Waals surface area contributed by atoms with E-state index in [1.807, 2.05) is 4.68 Å². The first-order valence-corrected chi connectivity index (χ1v) is 6.37. The fourth-order valence-electron chi connectivity index (χ4n) is 2.10. The van der Waals surface area contributed by atoms with Crippen molar-refractivity contribution in [3.63, 3.8) is 0 Å². The van der Waals surface area contributed by atoms with E-state index in [1.165, 1.54) is 6.42 Å². The molecule has 1 aromatic heterocycles. The molecule has 5 heteroatoms. The Kier molecular flexibility index (Phi) is 3.41. The first-order valence-electron chi connectivity index (χ1n) is 5.45. The molecule has 1 aliphatic rings. The minimum Gasteiger partial charge on any atom is -0.292 e. The Morgan fingerprint density at radius 2 is 2.40 bits per heavy atom. The van der Waals surface area contributed by atoms with Crippen molar-refractivity contribution in [2.24, 2.45) is 0 Å². The normalized spacial score (nSPS) is 27.4. The average molecular weight is 273 g/mol. The second kappa shape index (κ2) is 4.61. The lowest BCUT2D eigenvalue weighted by Crippen LogP contribution is -2.28. The number of likely N-dealkylation sites (tertiary alicyclic amines) is 1. The molecule has 2 heterocycles. The van der Waals surface area contributed by atoms with Crippen LogP contribution in [0.3, 0.4) is 0 Å². The van der Waals surface area contributed by atoms with Crippen molar-refractivity contribution in [2.45, 2.75) is 44.2 Å². The topological polar surface area (TPSA) is 34.0 Å². The predicted octanol–water partition coefficient (Wildman–Crippen LogP) is 1.66. The quantitative estimate of drug-likeness (QED) is 0.785. The van der Waals surface area contributed by atoms with Crippen LogP contribution in [0.5, 0.6) is 0 Å². The molecule has 1 saturated heterocycles. The minimum atomic E-state index is 0.630. The first kappa shape index (κ1) is 11.1. The van der Waals surface area contributed by atoms with Gasteiger partial charge >= 0.3 is 0 Å². The van der Waals surface area contributed by atoms with Crippen molar-refractivity contribution < 1.29 is 0 Å². The van der Waals surface area contributed by atoms with Gasteiger partial charge in [-0.05, 0) is 20.3 Å². The second-order valence-corrected chi connectivity index (χ2v) is 5.40. The van der Waals surface area contributed by atoms with Crippen molar-refractivity contribution in [1.82, 2.24) is 19.7 Å². The summed E-state index contributed by atoms with van der Waals surface area (Å²) in [6.45, 7) is 7.29. The van der Waals surface area contributed by atoms with Gasteiger partial charge in [-0.2, -0.15) is 5.10 Å². The van der Waals surface area contributed by atoms with Crippen molar-refractivity contribution >= 4 is 15.9 Å². The Bertz CT molecular complexity index is 325. The van der Waals surface area contributed by atoms with Crippen molar-refractivity contribution in [3.05, 3.63) is 12.2 Å². The number of rotatable bonds is 3. The predicted molar refractivity (Wildman–Crippen MR) is 62.9 cm³/mol. The molecule has 15 heavy (non-hydrogen) atoms. The standard InChI is InChI=1S/C10H17BrN4/c1-3-15-10(12-7-13-15)6-14-5-9(11)4-8(14)2/h7-9H,3-6H2,1-2H3. The second-order valence-electron chi connectivity index (χ2n) is 4.10. The van der Waals surface area contributed by atoms with E-state index in [4.69, 9.17) is 0 Å². The van der Waals surface area contributed by atoms with Crippen LogP contribution >= 0.6 is 15.9 Å². The summed E-state index contributed by atoms with van der Waals surface area (Å²) in [6, 6.07) is 0.636. The smallest absolute Gasteiger partial charge is 0.141 e. The molecular weight excluding hydrogens is 256 g/mol. The van der Waals surface area contributed by atoms with Crippen LogP contribution in [0.2, 0.25) is 0 Å². The zero-order valence-corrected chi connectivity index (χ0v) is 10.8. The van der Waals surface area contributed by atoms with E-state index in [-0.39, 0.29) is 0 Å². The maximum Gasteiger partial charge on any atom is 0.141 e. The van der Waals surface area contributed by atoms with Gasteiger partial charge in [0.15, 0.2) is 0 Å². The molecule has 0 aromatic carbocycles. The van der Waals surface area contributed by atoms with Crippen LogP contribution < -0.4 is 0 Å². The van der Waals surface area contributed by atoms with Crippen molar-refractivity contribution in [1.29, 1.82) is 0 Å². The van der Waals surface area contributed by atoms with E-state index in [2.05, 4.69) is 44.8 Å². The van der Waals surface area contributed by atoms with Crippen LogP contribution in [0.25, 0.3) is 0 Å². The van der Waals surface area contributed by atoms with Gasteiger partial charge in [-0.15, -0.1) is 0 Å². The van der Waals surface area contributed by atoms with E-state index in [0.717, 1.165) is 25.5 Å². The van der Waals surface area contributed by atoms with Crippen molar-refractivity contribution in [2.75, 3.05) is 6.54 Å². The molecule has 0 spiro atoms. The van der Waals surface area contributed by atoms with Crippen molar-refractivity contribution in [3.8, 4) is 0 Å². The lowest BCUT2D eigenvalue weighted by molar-refractivity contribution is 0.249. The highest BCUT2D eigenvalue weighted by Gasteiger charge is 2.27. The maximum absolute atomic E-state index is 4.30. The monoisotopic (exact) mass is 272 g/mol. The fraction of sp³-hybridized carbons (Fsp3) is 0.800. The molecule has 0 amide bonds. The van der Waals surface area contributed by atoms with Crippen LogP contribution in [0.15, 0.2) is 6.33 Å². The first-order chi connectivity index (χ1) is 7.20. The summed E-state index contributed by atoms with van der Waals surface area (Å²) in [6.07, 6.45) is 2.87. The lowest BCUT2D eigenvalue weighted by Gasteiger charge is -2.20. The SMILES string of the molecule is CCn1ncnc1CN1CC(Br)CC1C. The van der Waals surface area contributed by atoms with Crippen LogP contribution in [0, 0.1) is 0 Å². The molecule has 84 valence electrons. The summed E-state index contributed by atoms with van der Waals surface area (Å²) in [5, 5.41) is 4.19. The maximum atomic E-state index is 4.30. The molecule has 0 N–H and O–H groups in total. The number of alkyl halides is 1. The van der Waals surface area contributed by atoms with Gasteiger partial charge in [0.25, 0.3) is 0 Å². The molecule has 0 bridgehead atoms. The highest BCUT2D eigenvalue weighted by Crippen LogP contribution is 2.24. The molecule has 4 nitrogen and oxygen atoms in total. The van der Waals surface area contributed by atoms with Crippen LogP contribution in [0.1, 0.15) is 26.1 Å². The van der Waals surface area contributed by atoms with Crippen LogP contribution in [-0.4, -0.2) is 37.1 Å². The van der Waals surface area contributed by atoms with E-state index < -0.39 is 0 Å². The summed E-state index contributed by atoms with van der Waals surface area (Å²) >= 11 is 3.67. The summed E-state index contributed by atoms with van der Waals surface area (Å²) in [5.74, 6) is 1.07. The van der Waals surface area contributed by atoms with Gasteiger partial charge < -0.3 is 0 Å². The molecule has 1 fully saturated rings. The Balaban J connectivity index is 2.02. The highest BCUT2D eigenvalue weighted by atomic mass is 79.9. The van der Waals surface area contributed by atoms with Gasteiger partial charge in [-0.3, -0.25) is 4.90 Å². The molecule has 0 saturated carbocycles. The van der Waals surface area contributed by atoms with E-state index >= 15 is 0 Å². The number of aromatic nitrogens is 3. The van der Waals surface area contributed by atoms with Gasteiger partial charge in [0, 0.05) is 24.0 Å². The highest BCUT2D eigenvalue weighted by molar-refractivity contribution is 9.09. The molecule has 2 atom stereocenters. The van der Waals surface area contributed by atoms with Crippen LogP contribution in [0.4, 0.5) is 0 Å². The zero-order chi connectivity index (χ0) is 10.8. The molecule has 2 rings (SSSR count). The molecule has 2 unspecified atom stereocenters. The lowest BCUT2D eigenvalue weighted by atomic mass is 10.2. The molecule has 0 aliphatic carbocycles. The van der Waals surface area contributed by atoms with Gasteiger partial charge in [0.1, 0.15) is 12.2 Å². The zero-order valence-electron chi connectivity index (χ0n) is 9.23. The molecule has 0 radical (unpaired) electrons. The number of nitrogens with zero attached hydrogens (tertiary/aromatic N) is 4. The van der Waals surface area contributed by atoms with Gasteiger partial charge in [-0.1, -0.05) is 15.9 Å². The Morgan fingerprint density at radius 1 is 1.60 bits per heavy atom. The fourth-order valence-corrected chi connectivity index (χ4v) is 3.02. The van der Waals surface area contributed by atoms with Gasteiger partial charge in [0.05, 0.1) is 6.54 Å². The summed E-state index contributed by atoms with van der Waals surface area (Å²) < 4.78 is 1.97. The third-order valence-corrected chi connectivity index (χ3v) is 3.66. The number of halogens is 1. The number of hydrogen-bond donors (Lipinski definition) is 0. The van der Waals surface area contributed by atoms with E-state index in [9.17, 15) is 0 Å². The third-order valence-electron chi connectivity index (χ3n) is 2.99. The molecular formula is C10H17BrN4. The summed E-state index contributed by atoms with van der Waals surface area (Å²) in [4.78, 5) is 7.39. The van der Waals surface area contributed by atoms with Gasteiger partial charge in [0.2, 0.25) is 0 Å². The number of hydrogen-bond acceptors (Lipinski definition) is 3. The summed E-state index contributed by atoms with van der Waals surface area (Å²) in [5.41, 5.74) is 0. The largest absolute Gasteiger partial charge is 0.292 e. The number of aryl methyl sites for hydroxylation is 1.